The summed E-state index contributed by atoms with van der Waals surface area (Å²) in [6, 6.07) is 2.70. The van der Waals surface area contributed by atoms with Crippen LogP contribution in [0.1, 0.15) is 12.8 Å². The van der Waals surface area contributed by atoms with E-state index in [0.29, 0.717) is 10.4 Å². The number of benzene rings is 1. The first-order valence-corrected chi connectivity index (χ1v) is 9.23. The van der Waals surface area contributed by atoms with Gasteiger partial charge in [0.15, 0.2) is 11.6 Å². The molecule has 0 aliphatic heterocycles. The smallest absolute Gasteiger partial charge is 0.266 e. The van der Waals surface area contributed by atoms with E-state index in [9.17, 15) is 13.5 Å². The summed E-state index contributed by atoms with van der Waals surface area (Å²) in [5.74, 6) is 0.373. The van der Waals surface area contributed by atoms with Gasteiger partial charge in [0.25, 0.3) is 10.0 Å². The summed E-state index contributed by atoms with van der Waals surface area (Å²) >= 11 is 8.96. The molecule has 6 nitrogen and oxygen atoms in total. The number of aromatic hydroxyl groups is 1. The number of phenolic OH excluding ortho intramolecular Hbond substituents is 1. The van der Waals surface area contributed by atoms with Crippen LogP contribution in [0.25, 0.3) is 0 Å². The van der Waals surface area contributed by atoms with Crippen molar-refractivity contribution in [1.29, 1.82) is 0 Å². The van der Waals surface area contributed by atoms with Crippen LogP contribution in [0.3, 0.4) is 0 Å². The highest BCUT2D eigenvalue weighted by atomic mass is 79.9. The molecule has 0 atom stereocenters. The zero-order valence-corrected chi connectivity index (χ0v) is 14.5. The first kappa shape index (κ1) is 15.6. The number of hydrogen-bond acceptors (Lipinski definition) is 4. The molecule has 1 fully saturated rings. The Kier molecular flexibility index (Phi) is 4.09. The summed E-state index contributed by atoms with van der Waals surface area (Å²) in [6.07, 6.45) is 5.61. The van der Waals surface area contributed by atoms with Crippen LogP contribution in [0.15, 0.2) is 34.0 Å². The van der Waals surface area contributed by atoms with Gasteiger partial charge in [-0.25, -0.2) is 13.4 Å². The molecule has 0 saturated heterocycles. The second kappa shape index (κ2) is 5.75. The number of sulfonamides is 1. The summed E-state index contributed by atoms with van der Waals surface area (Å²) in [7, 11) is -3.98. The van der Waals surface area contributed by atoms with Crippen LogP contribution in [0, 0.1) is 5.92 Å². The minimum Gasteiger partial charge on any atom is -0.505 e. The highest BCUT2D eigenvalue weighted by Gasteiger charge is 2.24. The first-order valence-electron chi connectivity index (χ1n) is 6.58. The molecule has 1 aromatic carbocycles. The third-order valence-corrected chi connectivity index (χ3v) is 5.43. The molecular weight excluding hydrogens is 394 g/mol. The molecule has 2 aromatic rings. The number of hydrogen-bond donors (Lipinski definition) is 2. The molecule has 22 heavy (non-hydrogen) atoms. The highest BCUT2D eigenvalue weighted by molar-refractivity contribution is 9.10. The monoisotopic (exact) mass is 405 g/mol. The fourth-order valence-electron chi connectivity index (χ4n) is 2.05. The van der Waals surface area contributed by atoms with E-state index < -0.39 is 15.8 Å². The molecule has 0 amide bonds. The van der Waals surface area contributed by atoms with Gasteiger partial charge in [-0.05, 0) is 30.9 Å². The van der Waals surface area contributed by atoms with Crippen molar-refractivity contribution >= 4 is 43.4 Å². The minimum absolute atomic E-state index is 0.0472. The van der Waals surface area contributed by atoms with Gasteiger partial charge in [-0.1, -0.05) is 27.5 Å². The zero-order chi connectivity index (χ0) is 15.9. The first-order chi connectivity index (χ1) is 10.3. The van der Waals surface area contributed by atoms with E-state index in [2.05, 4.69) is 25.6 Å². The largest absolute Gasteiger partial charge is 0.505 e. The van der Waals surface area contributed by atoms with Gasteiger partial charge in [0.05, 0.1) is 11.3 Å². The van der Waals surface area contributed by atoms with E-state index in [1.54, 1.807) is 12.5 Å². The van der Waals surface area contributed by atoms with Gasteiger partial charge < -0.3 is 9.67 Å². The van der Waals surface area contributed by atoms with Crippen LogP contribution in [0.2, 0.25) is 5.02 Å². The van der Waals surface area contributed by atoms with Crippen LogP contribution < -0.4 is 4.72 Å². The van der Waals surface area contributed by atoms with Crippen LogP contribution in [0.4, 0.5) is 5.82 Å². The van der Waals surface area contributed by atoms with Crippen molar-refractivity contribution in [3.8, 4) is 5.75 Å². The predicted octanol–water partition coefficient (Wildman–Crippen LogP) is 3.22. The number of nitrogens with zero attached hydrogens (tertiary/aromatic N) is 2. The van der Waals surface area contributed by atoms with Crippen LogP contribution in [-0.2, 0) is 16.6 Å². The Labute approximate surface area is 141 Å². The van der Waals surface area contributed by atoms with Gasteiger partial charge in [-0.2, -0.15) is 0 Å². The molecule has 0 radical (unpaired) electrons. The highest BCUT2D eigenvalue weighted by Crippen LogP contribution is 2.35. The average molecular weight is 407 g/mol. The Bertz CT molecular complexity index is 818. The summed E-state index contributed by atoms with van der Waals surface area (Å²) in [5, 5.41) is 9.82. The fraction of sp³-hybridized carbons (Fsp3) is 0.308. The van der Waals surface area contributed by atoms with Crippen molar-refractivity contribution in [2.45, 2.75) is 24.3 Å². The average Bonchev–Trinajstić information content (AvgIpc) is 3.13. The Morgan fingerprint density at radius 2 is 2.18 bits per heavy atom. The van der Waals surface area contributed by atoms with Crippen LogP contribution in [0.5, 0.6) is 5.75 Å². The Morgan fingerprint density at radius 1 is 1.45 bits per heavy atom. The molecule has 118 valence electrons. The van der Waals surface area contributed by atoms with Crippen molar-refractivity contribution in [3.05, 3.63) is 34.2 Å². The van der Waals surface area contributed by atoms with Gasteiger partial charge in [-0.15, -0.1) is 0 Å². The Hall–Kier alpha value is -1.25. The predicted molar refractivity (Wildman–Crippen MR) is 86.6 cm³/mol. The molecule has 1 aliphatic carbocycles. The molecule has 3 rings (SSSR count). The SMILES string of the molecule is O=S(=O)(Nc1cn(CC2CC2)cn1)c1cc(Br)cc(Cl)c1O. The third-order valence-electron chi connectivity index (χ3n) is 3.32. The summed E-state index contributed by atoms with van der Waals surface area (Å²) in [5.41, 5.74) is 0. The lowest BCUT2D eigenvalue weighted by Gasteiger charge is -2.09. The van der Waals surface area contributed by atoms with E-state index >= 15 is 0 Å². The van der Waals surface area contributed by atoms with Gasteiger partial charge in [0, 0.05) is 17.2 Å². The Morgan fingerprint density at radius 3 is 2.86 bits per heavy atom. The van der Waals surface area contributed by atoms with Crippen LogP contribution in [-0.4, -0.2) is 23.1 Å². The fourth-order valence-corrected chi connectivity index (χ4v) is 4.20. The second-order valence-electron chi connectivity index (χ2n) is 5.24. The normalized spacial score (nSPS) is 15.0. The topological polar surface area (TPSA) is 84.2 Å². The molecule has 1 aromatic heterocycles. The van der Waals surface area contributed by atoms with E-state index in [1.165, 1.54) is 25.0 Å². The maximum Gasteiger partial charge on any atom is 0.266 e. The molecule has 1 saturated carbocycles. The molecular formula is C13H13BrClN3O3S. The molecule has 1 heterocycles. The lowest BCUT2D eigenvalue weighted by atomic mass is 10.3. The number of phenols is 1. The number of anilines is 1. The van der Waals surface area contributed by atoms with Crippen molar-refractivity contribution in [2.24, 2.45) is 5.92 Å². The molecule has 0 spiro atoms. The second-order valence-corrected chi connectivity index (χ2v) is 8.21. The van der Waals surface area contributed by atoms with Crippen molar-refractivity contribution < 1.29 is 13.5 Å². The summed E-state index contributed by atoms with van der Waals surface area (Å²) in [6.45, 7) is 0.836. The van der Waals surface area contributed by atoms with Crippen molar-refractivity contribution in [1.82, 2.24) is 9.55 Å². The third kappa shape index (κ3) is 3.39. The van der Waals surface area contributed by atoms with E-state index in [1.807, 2.05) is 4.57 Å². The summed E-state index contributed by atoms with van der Waals surface area (Å²) in [4.78, 5) is 3.73. The number of nitrogens with one attached hydrogen (secondary N) is 1. The molecule has 0 unspecified atom stereocenters. The molecule has 1 aliphatic rings. The van der Waals surface area contributed by atoms with Gasteiger partial charge in [0.2, 0.25) is 0 Å². The number of halogens is 2. The molecule has 0 bridgehead atoms. The lowest BCUT2D eigenvalue weighted by Crippen LogP contribution is -2.13. The van der Waals surface area contributed by atoms with Gasteiger partial charge in [-0.3, -0.25) is 4.72 Å². The summed E-state index contributed by atoms with van der Waals surface area (Å²) < 4.78 is 29.4. The maximum absolute atomic E-state index is 12.4. The quantitative estimate of drug-likeness (QED) is 0.798. The van der Waals surface area contributed by atoms with Crippen molar-refractivity contribution in [3.63, 3.8) is 0 Å². The van der Waals surface area contributed by atoms with E-state index in [0.717, 1.165) is 6.54 Å². The van der Waals surface area contributed by atoms with E-state index in [-0.39, 0.29) is 15.7 Å². The Balaban J connectivity index is 1.85. The number of rotatable bonds is 5. The standard InChI is InChI=1S/C13H13BrClN3O3S/c14-9-3-10(15)13(19)11(4-9)22(20,21)17-12-6-18(7-16-12)5-8-1-2-8/h3-4,6-8,17,19H,1-2,5H2. The van der Waals surface area contributed by atoms with Crippen LogP contribution >= 0.6 is 27.5 Å². The van der Waals surface area contributed by atoms with Crippen molar-refractivity contribution in [2.75, 3.05) is 4.72 Å². The van der Waals surface area contributed by atoms with Gasteiger partial charge >= 0.3 is 0 Å². The number of imidazole rings is 1. The molecule has 2 N–H and O–H groups in total. The van der Waals surface area contributed by atoms with Gasteiger partial charge in [0.1, 0.15) is 4.90 Å². The minimum atomic E-state index is -3.98. The molecule has 9 heteroatoms. The lowest BCUT2D eigenvalue weighted by molar-refractivity contribution is 0.459. The number of aromatic nitrogens is 2. The van der Waals surface area contributed by atoms with E-state index in [4.69, 9.17) is 11.6 Å². The maximum atomic E-state index is 12.4. The zero-order valence-electron chi connectivity index (χ0n) is 11.3.